The summed E-state index contributed by atoms with van der Waals surface area (Å²) in [7, 11) is 7.19. The lowest BCUT2D eigenvalue weighted by molar-refractivity contribution is -0.118. The van der Waals surface area contributed by atoms with Crippen LogP contribution in [0, 0.1) is 0 Å². The molecule has 2 N–H and O–H groups in total. The highest BCUT2D eigenvalue weighted by molar-refractivity contribution is 6.37. The topological polar surface area (TPSA) is 83.1 Å². The second kappa shape index (κ2) is 12.5. The molecule has 1 aliphatic rings. The quantitative estimate of drug-likeness (QED) is 0.327. The lowest BCUT2D eigenvalue weighted by Gasteiger charge is -2.24. The Morgan fingerprint density at radius 3 is 2.21 bits per heavy atom. The van der Waals surface area contributed by atoms with E-state index in [1.165, 1.54) is 0 Å². The zero-order valence-corrected chi connectivity index (χ0v) is 23.2. The number of hydrogen-bond donors (Lipinski definition) is 2. The van der Waals surface area contributed by atoms with Crippen LogP contribution in [0.2, 0.25) is 0 Å². The van der Waals surface area contributed by atoms with Crippen molar-refractivity contribution in [2.24, 2.45) is 0 Å². The van der Waals surface area contributed by atoms with Gasteiger partial charge in [0, 0.05) is 36.0 Å². The summed E-state index contributed by atoms with van der Waals surface area (Å²) in [6.45, 7) is 3.44. The van der Waals surface area contributed by atoms with E-state index in [2.05, 4.69) is 15.5 Å². The summed E-state index contributed by atoms with van der Waals surface area (Å²) in [6.07, 6.45) is 1.32. The molecule has 0 atom stereocenters. The molecule has 0 radical (unpaired) electrons. The number of carbonyl (C=O) groups excluding carboxylic acids is 2. The first-order valence-corrected chi connectivity index (χ1v) is 13.1. The lowest BCUT2D eigenvalue weighted by atomic mass is 9.99. The van der Waals surface area contributed by atoms with Crippen molar-refractivity contribution in [1.29, 1.82) is 0 Å². The molecule has 0 aromatic heterocycles. The summed E-state index contributed by atoms with van der Waals surface area (Å²) in [5, 5.41) is 6.44. The van der Waals surface area contributed by atoms with Crippen molar-refractivity contribution < 1.29 is 19.1 Å². The largest absolute Gasteiger partial charge is 0.493 e. The van der Waals surface area contributed by atoms with Gasteiger partial charge in [-0.2, -0.15) is 0 Å². The van der Waals surface area contributed by atoms with Gasteiger partial charge in [-0.3, -0.25) is 9.59 Å². The molecule has 1 heterocycles. The maximum absolute atomic E-state index is 13.3. The van der Waals surface area contributed by atoms with Crippen molar-refractivity contribution in [1.82, 2.24) is 4.90 Å². The maximum atomic E-state index is 13.3. The number of ether oxygens (including phenoxy) is 2. The number of carbonyl (C=O) groups is 2. The standard InChI is InChI=1S/C31H36N4O4/c1-6-28(36)35(18-10-17-34(2)3)23-15-13-22(14-16-23)32-30(21-11-8-7-9-12-21)29-24-19-26(38-4)27(39-5)20-25(24)33-31(29)37/h7-9,11-16,19-20,32H,6,10,17-18H2,1-5H3,(H,33,37). The van der Waals surface area contributed by atoms with Crippen LogP contribution in [0.1, 0.15) is 30.9 Å². The molecule has 8 heteroatoms. The predicted octanol–water partition coefficient (Wildman–Crippen LogP) is 5.33. The van der Waals surface area contributed by atoms with E-state index in [0.29, 0.717) is 41.4 Å². The minimum Gasteiger partial charge on any atom is -0.493 e. The number of anilines is 3. The minimum atomic E-state index is -0.219. The highest BCUT2D eigenvalue weighted by atomic mass is 16.5. The van der Waals surface area contributed by atoms with Crippen molar-refractivity contribution in [3.8, 4) is 11.5 Å². The second-order valence-electron chi connectivity index (χ2n) is 9.55. The molecular weight excluding hydrogens is 492 g/mol. The molecule has 2 amide bonds. The second-order valence-corrected chi connectivity index (χ2v) is 9.55. The fourth-order valence-electron chi connectivity index (χ4n) is 4.63. The van der Waals surface area contributed by atoms with E-state index in [0.717, 1.165) is 35.5 Å². The highest BCUT2D eigenvalue weighted by Crippen LogP contribution is 2.43. The average Bonchev–Trinajstić information content (AvgIpc) is 3.27. The molecule has 4 rings (SSSR count). The van der Waals surface area contributed by atoms with Crippen molar-refractivity contribution in [3.05, 3.63) is 77.9 Å². The average molecular weight is 529 g/mol. The van der Waals surface area contributed by atoms with E-state index in [1.54, 1.807) is 20.3 Å². The van der Waals surface area contributed by atoms with E-state index < -0.39 is 0 Å². The third-order valence-corrected chi connectivity index (χ3v) is 6.62. The Morgan fingerprint density at radius 2 is 1.59 bits per heavy atom. The van der Waals surface area contributed by atoms with Crippen LogP contribution in [0.3, 0.4) is 0 Å². The van der Waals surface area contributed by atoms with Gasteiger partial charge in [0.1, 0.15) is 0 Å². The van der Waals surface area contributed by atoms with Crippen molar-refractivity contribution in [2.75, 3.05) is 56.9 Å². The zero-order chi connectivity index (χ0) is 27.9. The van der Waals surface area contributed by atoms with Gasteiger partial charge in [0.25, 0.3) is 5.91 Å². The van der Waals surface area contributed by atoms with Crippen LogP contribution in [0.25, 0.3) is 11.3 Å². The SMILES string of the molecule is CCC(=O)N(CCCN(C)C)c1ccc(NC(=C2C(=O)Nc3cc(OC)c(OC)cc32)c2ccccc2)cc1. The monoisotopic (exact) mass is 528 g/mol. The predicted molar refractivity (Wildman–Crippen MR) is 157 cm³/mol. The highest BCUT2D eigenvalue weighted by Gasteiger charge is 2.30. The first kappa shape index (κ1) is 27.7. The van der Waals surface area contributed by atoms with Gasteiger partial charge in [-0.1, -0.05) is 37.3 Å². The molecule has 204 valence electrons. The molecule has 39 heavy (non-hydrogen) atoms. The van der Waals surface area contributed by atoms with E-state index in [1.807, 2.05) is 86.6 Å². The molecule has 3 aromatic carbocycles. The van der Waals surface area contributed by atoms with E-state index >= 15 is 0 Å². The molecule has 0 saturated carbocycles. The van der Waals surface area contributed by atoms with E-state index in [4.69, 9.17) is 9.47 Å². The van der Waals surface area contributed by atoms with Crippen molar-refractivity contribution in [2.45, 2.75) is 19.8 Å². The van der Waals surface area contributed by atoms with Gasteiger partial charge in [0.15, 0.2) is 11.5 Å². The number of hydrogen-bond acceptors (Lipinski definition) is 6. The fourth-order valence-corrected chi connectivity index (χ4v) is 4.63. The number of benzene rings is 3. The molecule has 0 aliphatic carbocycles. The maximum Gasteiger partial charge on any atom is 0.258 e. The number of rotatable bonds is 11. The summed E-state index contributed by atoms with van der Waals surface area (Å²) >= 11 is 0. The molecule has 1 aliphatic heterocycles. The molecular formula is C31H36N4O4. The Bertz CT molecular complexity index is 1350. The van der Waals surface area contributed by atoms with E-state index in [9.17, 15) is 9.59 Å². The molecule has 8 nitrogen and oxygen atoms in total. The Kier molecular flexibility index (Phi) is 8.88. The Hall–Kier alpha value is -4.30. The van der Waals surface area contributed by atoms with E-state index in [-0.39, 0.29) is 11.8 Å². The van der Waals surface area contributed by atoms with Crippen molar-refractivity contribution >= 4 is 40.1 Å². The summed E-state index contributed by atoms with van der Waals surface area (Å²) in [6, 6.07) is 21.1. The number of nitrogens with zero attached hydrogens (tertiary/aromatic N) is 2. The van der Waals surface area contributed by atoms with Gasteiger partial charge in [-0.25, -0.2) is 0 Å². The summed E-state index contributed by atoms with van der Waals surface area (Å²) in [4.78, 5) is 29.9. The van der Waals surface area contributed by atoms with Gasteiger partial charge < -0.3 is 29.9 Å². The Labute approximate surface area is 230 Å². The fraction of sp³-hybridized carbons (Fsp3) is 0.290. The normalized spacial score (nSPS) is 13.5. The summed E-state index contributed by atoms with van der Waals surface area (Å²) in [5.74, 6) is 0.949. The summed E-state index contributed by atoms with van der Waals surface area (Å²) < 4.78 is 10.9. The molecule has 0 spiro atoms. The third kappa shape index (κ3) is 6.23. The van der Waals surface area contributed by atoms with Crippen LogP contribution < -0.4 is 25.0 Å². The minimum absolute atomic E-state index is 0.0881. The van der Waals surface area contributed by atoms with Gasteiger partial charge in [-0.15, -0.1) is 0 Å². The van der Waals surface area contributed by atoms with Crippen LogP contribution in [0.15, 0.2) is 66.7 Å². The lowest BCUT2D eigenvalue weighted by Crippen LogP contribution is -2.32. The van der Waals surface area contributed by atoms with Gasteiger partial charge in [0.05, 0.1) is 31.2 Å². The molecule has 0 unspecified atom stereocenters. The summed E-state index contributed by atoms with van der Waals surface area (Å²) in [5.41, 5.74) is 5.06. The van der Waals surface area contributed by atoms with Crippen LogP contribution in [0.4, 0.5) is 17.1 Å². The number of fused-ring (bicyclic) bond motifs is 1. The van der Waals surface area contributed by atoms with Gasteiger partial charge in [0.2, 0.25) is 5.91 Å². The van der Waals surface area contributed by atoms with Crippen LogP contribution in [-0.4, -0.2) is 58.1 Å². The van der Waals surface area contributed by atoms with Crippen LogP contribution in [-0.2, 0) is 9.59 Å². The van der Waals surface area contributed by atoms with Gasteiger partial charge in [-0.05, 0) is 63.0 Å². The Morgan fingerprint density at radius 1 is 0.923 bits per heavy atom. The van der Waals surface area contributed by atoms with Crippen molar-refractivity contribution in [3.63, 3.8) is 0 Å². The number of methoxy groups -OCH3 is 2. The molecule has 0 fully saturated rings. The molecule has 0 saturated heterocycles. The van der Waals surface area contributed by atoms with Gasteiger partial charge >= 0.3 is 0 Å². The molecule has 3 aromatic rings. The number of nitrogens with one attached hydrogen (secondary N) is 2. The Balaban J connectivity index is 1.71. The number of amides is 2. The first-order chi connectivity index (χ1) is 18.9. The molecule has 0 bridgehead atoms. The smallest absolute Gasteiger partial charge is 0.258 e. The zero-order valence-electron chi connectivity index (χ0n) is 23.2. The third-order valence-electron chi connectivity index (χ3n) is 6.62. The van der Waals surface area contributed by atoms with Crippen LogP contribution >= 0.6 is 0 Å². The van der Waals surface area contributed by atoms with Crippen LogP contribution in [0.5, 0.6) is 11.5 Å². The first-order valence-electron chi connectivity index (χ1n) is 13.1.